The monoisotopic (exact) mass is 180 g/mol. The molecule has 13 heavy (non-hydrogen) atoms. The molecule has 1 aromatic rings. The molecule has 0 aliphatic heterocycles. The van der Waals surface area contributed by atoms with E-state index in [0.29, 0.717) is 12.1 Å². The normalized spacial score (nSPS) is 27.6. The van der Waals surface area contributed by atoms with Gasteiger partial charge < -0.3 is 10.2 Å². The van der Waals surface area contributed by atoms with Gasteiger partial charge in [-0.3, -0.25) is 4.90 Å². The molecule has 1 aliphatic carbocycles. The number of nitrogens with two attached hydrogens (primary N) is 1. The fourth-order valence-corrected chi connectivity index (χ4v) is 1.77. The van der Waals surface area contributed by atoms with E-state index in [-0.39, 0.29) is 0 Å². The van der Waals surface area contributed by atoms with Crippen molar-refractivity contribution in [2.24, 2.45) is 5.73 Å². The van der Waals surface area contributed by atoms with Gasteiger partial charge in [0, 0.05) is 12.1 Å². The molecule has 1 saturated carbocycles. The van der Waals surface area contributed by atoms with Crippen LogP contribution in [0.25, 0.3) is 0 Å². The standard InChI is InChI=1S/C10H16N2O/c1-12(9-5-8(11)6-9)7-10-3-2-4-13-10/h2-4,8-9H,5-7,11H2,1H3. The number of hydrogen-bond acceptors (Lipinski definition) is 3. The molecule has 0 unspecified atom stereocenters. The van der Waals surface area contributed by atoms with Crippen LogP contribution in [0.5, 0.6) is 0 Å². The number of rotatable bonds is 3. The molecule has 1 fully saturated rings. The summed E-state index contributed by atoms with van der Waals surface area (Å²) in [6.07, 6.45) is 3.96. The molecule has 0 atom stereocenters. The van der Waals surface area contributed by atoms with Gasteiger partial charge in [0.15, 0.2) is 0 Å². The predicted octanol–water partition coefficient (Wildman–Crippen LogP) is 1.20. The maximum atomic E-state index is 5.73. The van der Waals surface area contributed by atoms with Crippen molar-refractivity contribution < 1.29 is 4.42 Å². The van der Waals surface area contributed by atoms with Crippen LogP contribution in [0, 0.1) is 0 Å². The topological polar surface area (TPSA) is 42.4 Å². The molecule has 0 saturated heterocycles. The van der Waals surface area contributed by atoms with E-state index in [4.69, 9.17) is 10.2 Å². The van der Waals surface area contributed by atoms with E-state index in [1.807, 2.05) is 12.1 Å². The Hall–Kier alpha value is -0.800. The van der Waals surface area contributed by atoms with Gasteiger partial charge in [0.25, 0.3) is 0 Å². The smallest absolute Gasteiger partial charge is 0.117 e. The van der Waals surface area contributed by atoms with E-state index >= 15 is 0 Å². The summed E-state index contributed by atoms with van der Waals surface area (Å²) in [5, 5.41) is 0. The van der Waals surface area contributed by atoms with Gasteiger partial charge in [-0.25, -0.2) is 0 Å². The molecule has 2 N–H and O–H groups in total. The first-order valence-corrected chi connectivity index (χ1v) is 4.74. The molecule has 72 valence electrons. The second-order valence-corrected chi connectivity index (χ2v) is 3.88. The summed E-state index contributed by atoms with van der Waals surface area (Å²) in [5.41, 5.74) is 5.73. The van der Waals surface area contributed by atoms with Crippen LogP contribution in [0.3, 0.4) is 0 Å². The number of nitrogens with zero attached hydrogens (tertiary/aromatic N) is 1. The first-order chi connectivity index (χ1) is 6.25. The molecule has 3 nitrogen and oxygen atoms in total. The molecule has 3 heteroatoms. The number of furan rings is 1. The second-order valence-electron chi connectivity index (χ2n) is 3.88. The fourth-order valence-electron chi connectivity index (χ4n) is 1.77. The minimum Gasteiger partial charge on any atom is -0.468 e. The van der Waals surface area contributed by atoms with Crippen LogP contribution < -0.4 is 5.73 Å². The summed E-state index contributed by atoms with van der Waals surface area (Å²) in [6.45, 7) is 0.893. The highest BCUT2D eigenvalue weighted by atomic mass is 16.3. The maximum absolute atomic E-state index is 5.73. The highest BCUT2D eigenvalue weighted by Crippen LogP contribution is 2.24. The minimum atomic E-state index is 0.420. The molecule has 0 amide bonds. The molecule has 1 heterocycles. The summed E-state index contributed by atoms with van der Waals surface area (Å²) < 4.78 is 5.28. The van der Waals surface area contributed by atoms with Crippen molar-refractivity contribution in [2.75, 3.05) is 7.05 Å². The Bertz CT molecular complexity index is 252. The average molecular weight is 180 g/mol. The fraction of sp³-hybridized carbons (Fsp3) is 0.600. The molecule has 0 radical (unpaired) electrons. The minimum absolute atomic E-state index is 0.420. The Labute approximate surface area is 78.5 Å². The molecule has 2 rings (SSSR count). The molecule has 1 aromatic heterocycles. The molecule has 0 aromatic carbocycles. The van der Waals surface area contributed by atoms with Crippen LogP contribution in [-0.4, -0.2) is 24.0 Å². The lowest BCUT2D eigenvalue weighted by Gasteiger charge is -2.38. The van der Waals surface area contributed by atoms with Crippen molar-refractivity contribution >= 4 is 0 Å². The van der Waals surface area contributed by atoms with E-state index in [1.165, 1.54) is 0 Å². The van der Waals surface area contributed by atoms with Crippen LogP contribution >= 0.6 is 0 Å². The van der Waals surface area contributed by atoms with Gasteiger partial charge in [-0.15, -0.1) is 0 Å². The first kappa shape index (κ1) is 8.78. The van der Waals surface area contributed by atoms with E-state index in [0.717, 1.165) is 25.1 Å². The first-order valence-electron chi connectivity index (χ1n) is 4.74. The summed E-state index contributed by atoms with van der Waals surface area (Å²) in [5.74, 6) is 1.03. The zero-order valence-electron chi connectivity index (χ0n) is 7.94. The van der Waals surface area contributed by atoms with Crippen LogP contribution in [0.2, 0.25) is 0 Å². The maximum Gasteiger partial charge on any atom is 0.117 e. The zero-order chi connectivity index (χ0) is 9.26. The lowest BCUT2D eigenvalue weighted by atomic mass is 9.86. The molecular weight excluding hydrogens is 164 g/mol. The summed E-state index contributed by atoms with van der Waals surface area (Å²) in [4.78, 5) is 2.31. The Morgan fingerprint density at radius 3 is 2.92 bits per heavy atom. The Morgan fingerprint density at radius 1 is 1.62 bits per heavy atom. The van der Waals surface area contributed by atoms with Crippen LogP contribution in [0.4, 0.5) is 0 Å². The Morgan fingerprint density at radius 2 is 2.38 bits per heavy atom. The van der Waals surface area contributed by atoms with E-state index in [1.54, 1.807) is 6.26 Å². The third-order valence-electron chi connectivity index (χ3n) is 2.76. The van der Waals surface area contributed by atoms with Crippen molar-refractivity contribution in [3.8, 4) is 0 Å². The quantitative estimate of drug-likeness (QED) is 0.760. The van der Waals surface area contributed by atoms with Gasteiger partial charge in [0.2, 0.25) is 0 Å². The van der Waals surface area contributed by atoms with Gasteiger partial charge in [-0.05, 0) is 32.0 Å². The summed E-state index contributed by atoms with van der Waals surface area (Å²) >= 11 is 0. The van der Waals surface area contributed by atoms with Crippen molar-refractivity contribution in [3.05, 3.63) is 24.2 Å². The summed E-state index contributed by atoms with van der Waals surface area (Å²) in [6, 6.07) is 5.01. The van der Waals surface area contributed by atoms with Gasteiger partial charge in [0.05, 0.1) is 12.8 Å². The van der Waals surface area contributed by atoms with Crippen molar-refractivity contribution in [1.82, 2.24) is 4.90 Å². The predicted molar refractivity (Wildman–Crippen MR) is 51.2 cm³/mol. The summed E-state index contributed by atoms with van der Waals surface area (Å²) in [7, 11) is 2.12. The third kappa shape index (κ3) is 1.92. The van der Waals surface area contributed by atoms with Crippen molar-refractivity contribution in [3.63, 3.8) is 0 Å². The lowest BCUT2D eigenvalue weighted by Crippen LogP contribution is -2.48. The van der Waals surface area contributed by atoms with Crippen LogP contribution in [0.15, 0.2) is 22.8 Å². The molecular formula is C10H16N2O. The van der Waals surface area contributed by atoms with Crippen LogP contribution in [0.1, 0.15) is 18.6 Å². The van der Waals surface area contributed by atoms with Crippen LogP contribution in [-0.2, 0) is 6.54 Å². The van der Waals surface area contributed by atoms with Gasteiger partial charge >= 0.3 is 0 Å². The molecule has 0 spiro atoms. The Balaban J connectivity index is 1.82. The molecule has 0 bridgehead atoms. The van der Waals surface area contributed by atoms with Crippen molar-refractivity contribution in [1.29, 1.82) is 0 Å². The molecule has 1 aliphatic rings. The van der Waals surface area contributed by atoms with Gasteiger partial charge in [-0.2, -0.15) is 0 Å². The zero-order valence-corrected chi connectivity index (χ0v) is 7.94. The number of hydrogen-bond donors (Lipinski definition) is 1. The highest BCUT2D eigenvalue weighted by molar-refractivity contribution is 4.99. The SMILES string of the molecule is CN(Cc1ccco1)C1CC(N)C1. The second kappa shape index (κ2) is 3.52. The highest BCUT2D eigenvalue weighted by Gasteiger charge is 2.29. The lowest BCUT2D eigenvalue weighted by molar-refractivity contribution is 0.124. The van der Waals surface area contributed by atoms with E-state index in [9.17, 15) is 0 Å². The van der Waals surface area contributed by atoms with E-state index in [2.05, 4.69) is 11.9 Å². The largest absolute Gasteiger partial charge is 0.468 e. The Kier molecular flexibility index (Phi) is 2.38. The van der Waals surface area contributed by atoms with Crippen molar-refractivity contribution in [2.45, 2.75) is 31.5 Å². The van der Waals surface area contributed by atoms with Gasteiger partial charge in [-0.1, -0.05) is 0 Å². The third-order valence-corrected chi connectivity index (χ3v) is 2.76. The van der Waals surface area contributed by atoms with Gasteiger partial charge in [0.1, 0.15) is 5.76 Å². The van der Waals surface area contributed by atoms with E-state index < -0.39 is 0 Å². The average Bonchev–Trinajstić information content (AvgIpc) is 2.51.